The van der Waals surface area contributed by atoms with E-state index in [-0.39, 0.29) is 36.7 Å². The lowest BCUT2D eigenvalue weighted by Crippen LogP contribution is -2.45. The molecule has 1 aromatic carbocycles. The first-order valence-electron chi connectivity index (χ1n) is 12.3. The van der Waals surface area contributed by atoms with Gasteiger partial charge in [-0.05, 0) is 60.9 Å². The molecule has 0 spiro atoms. The molecule has 11 heteroatoms. The Bertz CT molecular complexity index is 1460. The number of rotatable bonds is 5. The van der Waals surface area contributed by atoms with Gasteiger partial charge >= 0.3 is 6.18 Å². The van der Waals surface area contributed by atoms with Crippen LogP contribution < -0.4 is 0 Å². The van der Waals surface area contributed by atoms with Crippen molar-refractivity contribution in [2.24, 2.45) is 7.05 Å². The molecule has 0 saturated carbocycles. The predicted molar refractivity (Wildman–Crippen MR) is 134 cm³/mol. The molecule has 0 unspecified atom stereocenters. The standard InChI is InChI=1S/C28H25F4N5O2/c1-36-17-24(35-26(36)23-9-5-20(16-34-23)28(30,31)32)27(39)10-12-37(13-11-27)25(38)14-18-2-8-22(33-15-18)19-3-6-21(29)7-4-19/h2-9,15-17,39H,10-14H2,1H3. The van der Waals surface area contributed by atoms with E-state index in [4.69, 9.17) is 0 Å². The van der Waals surface area contributed by atoms with E-state index in [1.165, 1.54) is 18.2 Å². The van der Waals surface area contributed by atoms with Crippen LogP contribution in [0, 0.1) is 5.82 Å². The van der Waals surface area contributed by atoms with E-state index in [0.29, 0.717) is 30.3 Å². The third-order valence-electron chi connectivity index (χ3n) is 6.94. The fourth-order valence-electron chi connectivity index (χ4n) is 4.61. The number of aromatic nitrogens is 4. The van der Waals surface area contributed by atoms with Crippen molar-refractivity contribution < 1.29 is 27.5 Å². The van der Waals surface area contributed by atoms with Crippen molar-refractivity contribution in [2.75, 3.05) is 13.1 Å². The minimum atomic E-state index is -4.48. The molecule has 7 nitrogen and oxygen atoms in total. The third-order valence-corrected chi connectivity index (χ3v) is 6.94. The summed E-state index contributed by atoms with van der Waals surface area (Å²) in [6.45, 7) is 0.641. The molecule has 0 atom stereocenters. The second-order valence-electron chi connectivity index (χ2n) is 9.64. The molecule has 1 N–H and O–H groups in total. The second kappa shape index (κ2) is 10.2. The molecule has 1 aliphatic rings. The molecule has 0 aliphatic carbocycles. The Balaban J connectivity index is 1.21. The summed E-state index contributed by atoms with van der Waals surface area (Å²) in [6, 6.07) is 11.8. The van der Waals surface area contributed by atoms with Gasteiger partial charge in [-0.2, -0.15) is 13.2 Å². The second-order valence-corrected chi connectivity index (χ2v) is 9.64. The van der Waals surface area contributed by atoms with Crippen molar-refractivity contribution in [3.05, 3.63) is 89.8 Å². The molecule has 1 amide bonds. The number of carbonyl (C=O) groups is 1. The van der Waals surface area contributed by atoms with Crippen LogP contribution in [-0.4, -0.2) is 48.5 Å². The first-order valence-corrected chi connectivity index (χ1v) is 12.3. The molecule has 4 aromatic rings. The number of alkyl halides is 3. The molecular weight excluding hydrogens is 514 g/mol. The highest BCUT2D eigenvalue weighted by atomic mass is 19.4. The van der Waals surface area contributed by atoms with Gasteiger partial charge in [-0.3, -0.25) is 14.8 Å². The Morgan fingerprint density at radius 1 is 0.974 bits per heavy atom. The van der Waals surface area contributed by atoms with Crippen LogP contribution in [0.2, 0.25) is 0 Å². The lowest BCUT2D eigenvalue weighted by Gasteiger charge is -2.37. The zero-order chi connectivity index (χ0) is 27.8. The molecule has 5 rings (SSSR count). The van der Waals surface area contributed by atoms with E-state index in [2.05, 4.69) is 15.0 Å². The summed E-state index contributed by atoms with van der Waals surface area (Å²) in [5.74, 6) is -0.0830. The Morgan fingerprint density at radius 2 is 1.64 bits per heavy atom. The van der Waals surface area contributed by atoms with Crippen LogP contribution in [0.15, 0.2) is 67.1 Å². The number of imidazole rings is 1. The highest BCUT2D eigenvalue weighted by Gasteiger charge is 2.38. The smallest absolute Gasteiger partial charge is 0.383 e. The van der Waals surface area contributed by atoms with Crippen LogP contribution in [0.3, 0.4) is 0 Å². The third kappa shape index (κ3) is 5.68. The Hall–Kier alpha value is -4.12. The quantitative estimate of drug-likeness (QED) is 0.370. The molecule has 3 aromatic heterocycles. The van der Waals surface area contributed by atoms with E-state index in [1.54, 1.807) is 47.1 Å². The Labute approximate surface area is 221 Å². The van der Waals surface area contributed by atoms with Crippen LogP contribution in [0.25, 0.3) is 22.8 Å². The summed E-state index contributed by atoms with van der Waals surface area (Å²) < 4.78 is 53.4. The fraction of sp³-hybridized carbons (Fsp3) is 0.286. The molecule has 202 valence electrons. The fourth-order valence-corrected chi connectivity index (χ4v) is 4.61. The van der Waals surface area contributed by atoms with Crippen LogP contribution in [0.1, 0.15) is 29.7 Å². The molecule has 1 aliphatic heterocycles. The molecular formula is C28H25F4N5O2. The van der Waals surface area contributed by atoms with Gasteiger partial charge in [0.2, 0.25) is 5.91 Å². The van der Waals surface area contributed by atoms with E-state index < -0.39 is 17.3 Å². The lowest BCUT2D eigenvalue weighted by atomic mass is 9.88. The van der Waals surface area contributed by atoms with Gasteiger partial charge in [-0.1, -0.05) is 6.07 Å². The number of carbonyl (C=O) groups excluding carboxylic acids is 1. The molecule has 39 heavy (non-hydrogen) atoms. The number of piperidine rings is 1. The van der Waals surface area contributed by atoms with E-state index >= 15 is 0 Å². The van der Waals surface area contributed by atoms with Gasteiger partial charge in [0.05, 0.1) is 23.4 Å². The predicted octanol–water partition coefficient (Wildman–Crippen LogP) is 4.75. The van der Waals surface area contributed by atoms with Gasteiger partial charge in [-0.25, -0.2) is 9.37 Å². The maximum Gasteiger partial charge on any atom is 0.417 e. The number of halogens is 4. The zero-order valence-corrected chi connectivity index (χ0v) is 21.0. The maximum atomic E-state index is 13.1. The summed E-state index contributed by atoms with van der Waals surface area (Å²) in [6.07, 6.45) is 0.219. The van der Waals surface area contributed by atoms with Crippen LogP contribution in [0.5, 0.6) is 0 Å². The number of benzene rings is 1. The molecule has 4 heterocycles. The minimum absolute atomic E-state index is 0.0935. The van der Waals surface area contributed by atoms with E-state index in [0.717, 1.165) is 23.4 Å². The lowest BCUT2D eigenvalue weighted by molar-refractivity contribution is -0.138. The van der Waals surface area contributed by atoms with Gasteiger partial charge in [0.15, 0.2) is 5.82 Å². The number of pyridine rings is 2. The minimum Gasteiger partial charge on any atom is -0.383 e. The summed E-state index contributed by atoms with van der Waals surface area (Å²) in [7, 11) is 1.68. The first kappa shape index (κ1) is 26.5. The SMILES string of the molecule is Cn1cc(C2(O)CCN(C(=O)Cc3ccc(-c4ccc(F)cc4)nc3)CC2)nc1-c1ccc(C(F)(F)F)cn1. The van der Waals surface area contributed by atoms with Gasteiger partial charge in [0.25, 0.3) is 0 Å². The monoisotopic (exact) mass is 539 g/mol. The summed E-state index contributed by atoms with van der Waals surface area (Å²) >= 11 is 0. The highest BCUT2D eigenvalue weighted by Crippen LogP contribution is 2.34. The molecule has 1 saturated heterocycles. The van der Waals surface area contributed by atoms with Crippen molar-refractivity contribution in [3.8, 4) is 22.8 Å². The van der Waals surface area contributed by atoms with Crippen molar-refractivity contribution in [2.45, 2.75) is 31.0 Å². The molecule has 1 fully saturated rings. The number of likely N-dealkylation sites (tertiary alicyclic amines) is 1. The normalized spacial score (nSPS) is 15.4. The Morgan fingerprint density at radius 3 is 2.23 bits per heavy atom. The summed E-state index contributed by atoms with van der Waals surface area (Å²) in [4.78, 5) is 27.4. The van der Waals surface area contributed by atoms with Gasteiger partial charge in [0, 0.05) is 44.3 Å². The average Bonchev–Trinajstić information content (AvgIpc) is 3.32. The maximum absolute atomic E-state index is 13.1. The summed E-state index contributed by atoms with van der Waals surface area (Å²) in [5, 5.41) is 11.3. The molecule has 0 bridgehead atoms. The highest BCUT2D eigenvalue weighted by molar-refractivity contribution is 5.79. The van der Waals surface area contributed by atoms with E-state index in [1.807, 2.05) is 6.07 Å². The van der Waals surface area contributed by atoms with Crippen LogP contribution >= 0.6 is 0 Å². The van der Waals surface area contributed by atoms with Gasteiger partial charge in [0.1, 0.15) is 17.1 Å². The van der Waals surface area contributed by atoms with Crippen LogP contribution in [-0.2, 0) is 30.0 Å². The molecule has 0 radical (unpaired) electrons. The van der Waals surface area contributed by atoms with E-state index in [9.17, 15) is 27.5 Å². The average molecular weight is 540 g/mol. The number of aryl methyl sites for hydroxylation is 1. The number of aliphatic hydroxyl groups is 1. The number of amides is 1. The first-order chi connectivity index (χ1) is 18.5. The van der Waals surface area contributed by atoms with Crippen molar-refractivity contribution in [1.82, 2.24) is 24.4 Å². The van der Waals surface area contributed by atoms with Crippen LogP contribution in [0.4, 0.5) is 17.6 Å². The number of hydrogen-bond acceptors (Lipinski definition) is 5. The topological polar surface area (TPSA) is 84.1 Å². The summed E-state index contributed by atoms with van der Waals surface area (Å²) in [5.41, 5.74) is 0.700. The number of nitrogens with zero attached hydrogens (tertiary/aromatic N) is 5. The van der Waals surface area contributed by atoms with Gasteiger partial charge < -0.3 is 14.6 Å². The zero-order valence-electron chi connectivity index (χ0n) is 21.0. The number of hydrogen-bond donors (Lipinski definition) is 1. The largest absolute Gasteiger partial charge is 0.417 e. The van der Waals surface area contributed by atoms with Gasteiger partial charge in [-0.15, -0.1) is 0 Å². The Kier molecular flexibility index (Phi) is 6.94. The van der Waals surface area contributed by atoms with Crippen molar-refractivity contribution in [1.29, 1.82) is 0 Å². The van der Waals surface area contributed by atoms with Crippen molar-refractivity contribution >= 4 is 5.91 Å². The van der Waals surface area contributed by atoms with Crippen molar-refractivity contribution in [3.63, 3.8) is 0 Å².